The number of aliphatic hydroxyl groups excluding tert-OH is 4. The minimum atomic E-state index is -1.74. The molecule has 0 amide bonds. The third kappa shape index (κ3) is 7.61. The van der Waals surface area contributed by atoms with E-state index in [0.717, 1.165) is 12.7 Å². The minimum Gasteiger partial charge on any atom is -0.479 e. The van der Waals surface area contributed by atoms with Crippen molar-refractivity contribution in [3.05, 3.63) is 23.8 Å². The highest BCUT2D eigenvalue weighted by molar-refractivity contribution is 5.73. The number of hydrogen-bond acceptors (Lipinski definition) is 8. The van der Waals surface area contributed by atoms with Crippen molar-refractivity contribution in [1.29, 1.82) is 0 Å². The predicted octanol–water partition coefficient (Wildman–Crippen LogP) is 0.969. The molecule has 1 aliphatic rings. The van der Waals surface area contributed by atoms with Gasteiger partial charge in [-0.15, -0.1) is 0 Å². The summed E-state index contributed by atoms with van der Waals surface area (Å²) in [6, 6.07) is 5.19. The lowest BCUT2D eigenvalue weighted by Crippen LogP contribution is -2.61. The number of hydrogen-bond donors (Lipinski definition) is 6. The van der Waals surface area contributed by atoms with E-state index in [9.17, 15) is 20.1 Å². The monoisotopic (exact) mass is 405 g/mol. The first-order valence-electron chi connectivity index (χ1n) is 9.17. The van der Waals surface area contributed by atoms with Crippen LogP contribution in [0.5, 0.6) is 5.75 Å². The Balaban J connectivity index is 0. The van der Waals surface area contributed by atoms with Gasteiger partial charge in [0.1, 0.15) is 24.1 Å². The van der Waals surface area contributed by atoms with Crippen LogP contribution in [-0.2, 0) is 9.53 Å². The van der Waals surface area contributed by atoms with E-state index in [2.05, 4.69) is 5.32 Å². The lowest BCUT2D eigenvalue weighted by Gasteiger charge is -2.38. The summed E-state index contributed by atoms with van der Waals surface area (Å²) < 4.78 is 10.5. The topological polar surface area (TPSA) is 149 Å². The Morgan fingerprint density at radius 2 is 1.57 bits per heavy atom. The number of carbonyl (C=O) groups is 1. The van der Waals surface area contributed by atoms with Gasteiger partial charge in [-0.2, -0.15) is 0 Å². The van der Waals surface area contributed by atoms with Gasteiger partial charge in [0.25, 0.3) is 0 Å². The Bertz CT molecular complexity index is 555. The largest absolute Gasteiger partial charge is 0.479 e. The number of aliphatic carboxylic acids is 1. The molecule has 1 aromatic rings. The van der Waals surface area contributed by atoms with Crippen LogP contribution in [0.15, 0.2) is 18.2 Å². The Kier molecular flexibility index (Phi) is 15.2. The molecule has 9 nitrogen and oxygen atoms in total. The summed E-state index contributed by atoms with van der Waals surface area (Å²) in [6.07, 6.45) is -8.13. The molecule has 1 fully saturated rings. The average Bonchev–Trinajstić information content (AvgIpc) is 2.73. The maximum Gasteiger partial charge on any atom is 0.335 e. The third-order valence-electron chi connectivity index (χ3n) is 3.46. The van der Waals surface area contributed by atoms with Gasteiger partial charge in [0.2, 0.25) is 6.29 Å². The number of anilines is 1. The molecule has 9 heteroatoms. The van der Waals surface area contributed by atoms with Crippen LogP contribution < -0.4 is 10.1 Å². The van der Waals surface area contributed by atoms with E-state index in [0.29, 0.717) is 11.4 Å². The fourth-order valence-corrected chi connectivity index (χ4v) is 2.22. The Morgan fingerprint density at radius 3 is 2.04 bits per heavy atom. The van der Waals surface area contributed by atoms with Gasteiger partial charge in [-0.25, -0.2) is 4.79 Å². The van der Waals surface area contributed by atoms with Gasteiger partial charge < -0.3 is 40.3 Å². The van der Waals surface area contributed by atoms with Crippen LogP contribution in [0.4, 0.5) is 5.69 Å². The molecule has 164 valence electrons. The van der Waals surface area contributed by atoms with Crippen molar-refractivity contribution in [2.24, 2.45) is 0 Å². The van der Waals surface area contributed by atoms with Crippen LogP contribution >= 0.6 is 0 Å². The molecule has 2 rings (SSSR count). The number of aliphatic hydroxyl groups is 4. The third-order valence-corrected chi connectivity index (χ3v) is 3.46. The summed E-state index contributed by atoms with van der Waals surface area (Å²) in [5.41, 5.74) is 1.59. The van der Waals surface area contributed by atoms with Crippen LogP contribution in [-0.4, -0.2) is 76.4 Å². The fourth-order valence-electron chi connectivity index (χ4n) is 2.22. The maximum atomic E-state index is 11.0. The fraction of sp³-hybridized carbons (Fsp3) is 0.632. The number of ether oxygens (including phenoxy) is 2. The number of carboxylic acids is 1. The molecule has 1 heterocycles. The lowest BCUT2D eigenvalue weighted by molar-refractivity contribution is -0.271. The van der Waals surface area contributed by atoms with Gasteiger partial charge >= 0.3 is 5.97 Å². The van der Waals surface area contributed by atoms with E-state index in [-0.39, 0.29) is 0 Å². The molecule has 0 saturated carbocycles. The standard InChI is InChI=1S/C14H19NO7.2C2H6.CH4O/c1-6-3-4-8(7(5-6)15-2)21-14-11(18)9(16)10(17)12(22-14)13(19)20;3*1-2/h3-5,9-12,14-18H,1-2H3,(H,19,20);2*1-2H3;2H,1H3. The van der Waals surface area contributed by atoms with Crippen molar-refractivity contribution in [1.82, 2.24) is 0 Å². The van der Waals surface area contributed by atoms with Gasteiger partial charge in [0.05, 0.1) is 5.69 Å². The maximum absolute atomic E-state index is 11.0. The minimum absolute atomic E-state index is 0.324. The Hall–Kier alpha value is -1.91. The molecule has 0 aromatic heterocycles. The Morgan fingerprint density at radius 1 is 1.04 bits per heavy atom. The highest BCUT2D eigenvalue weighted by Crippen LogP contribution is 2.30. The zero-order chi connectivity index (χ0) is 22.4. The van der Waals surface area contributed by atoms with E-state index >= 15 is 0 Å². The predicted molar refractivity (Wildman–Crippen MR) is 107 cm³/mol. The quantitative estimate of drug-likeness (QED) is 0.431. The molecule has 1 aliphatic heterocycles. The van der Waals surface area contributed by atoms with Crippen LogP contribution in [0.2, 0.25) is 0 Å². The van der Waals surface area contributed by atoms with Gasteiger partial charge in [-0.05, 0) is 24.6 Å². The Labute approximate surface area is 166 Å². The second-order valence-corrected chi connectivity index (χ2v) is 5.10. The summed E-state index contributed by atoms with van der Waals surface area (Å²) in [6.45, 7) is 9.89. The van der Waals surface area contributed by atoms with Gasteiger partial charge in [-0.1, -0.05) is 33.8 Å². The number of benzene rings is 1. The summed E-state index contributed by atoms with van der Waals surface area (Å²) in [7, 11) is 2.68. The molecule has 0 bridgehead atoms. The SMILES string of the molecule is CC.CC.CNc1cc(C)ccc1OC1OC(C(=O)O)C(O)C(O)C1O.CO. The molecule has 1 saturated heterocycles. The zero-order valence-corrected chi connectivity index (χ0v) is 17.6. The highest BCUT2D eigenvalue weighted by atomic mass is 16.7. The van der Waals surface area contributed by atoms with Crippen molar-refractivity contribution in [3.8, 4) is 5.75 Å². The molecule has 1 aromatic carbocycles. The van der Waals surface area contributed by atoms with Crippen molar-refractivity contribution in [2.45, 2.75) is 65.3 Å². The first kappa shape index (κ1) is 28.3. The van der Waals surface area contributed by atoms with Crippen LogP contribution in [0.1, 0.15) is 33.3 Å². The van der Waals surface area contributed by atoms with Crippen molar-refractivity contribution < 1.29 is 39.8 Å². The molecular weight excluding hydrogens is 370 g/mol. The number of carboxylic acid groups (broad SMARTS) is 1. The summed E-state index contributed by atoms with van der Waals surface area (Å²) in [4.78, 5) is 11.0. The highest BCUT2D eigenvalue weighted by Gasteiger charge is 2.48. The number of aryl methyl sites for hydroxylation is 1. The van der Waals surface area contributed by atoms with E-state index in [1.165, 1.54) is 0 Å². The van der Waals surface area contributed by atoms with E-state index in [1.54, 1.807) is 25.2 Å². The van der Waals surface area contributed by atoms with Gasteiger partial charge in [-0.3, -0.25) is 0 Å². The molecule has 5 atom stereocenters. The van der Waals surface area contributed by atoms with Crippen LogP contribution in [0.25, 0.3) is 0 Å². The van der Waals surface area contributed by atoms with Crippen LogP contribution in [0, 0.1) is 6.92 Å². The van der Waals surface area contributed by atoms with E-state index in [1.807, 2.05) is 34.6 Å². The van der Waals surface area contributed by atoms with E-state index < -0.39 is 36.7 Å². The first-order chi connectivity index (χ1) is 13.3. The smallest absolute Gasteiger partial charge is 0.335 e. The molecular formula is C19H35NO8. The molecule has 5 unspecified atom stereocenters. The molecule has 0 spiro atoms. The normalized spacial score (nSPS) is 25.5. The molecule has 0 aliphatic carbocycles. The van der Waals surface area contributed by atoms with Crippen LogP contribution in [0.3, 0.4) is 0 Å². The van der Waals surface area contributed by atoms with Crippen molar-refractivity contribution in [3.63, 3.8) is 0 Å². The van der Waals surface area contributed by atoms with Crippen molar-refractivity contribution in [2.75, 3.05) is 19.5 Å². The summed E-state index contributed by atoms with van der Waals surface area (Å²) in [5.74, 6) is -1.13. The molecule has 28 heavy (non-hydrogen) atoms. The van der Waals surface area contributed by atoms with E-state index in [4.69, 9.17) is 19.7 Å². The van der Waals surface area contributed by atoms with Crippen molar-refractivity contribution >= 4 is 11.7 Å². The molecule has 0 radical (unpaired) electrons. The van der Waals surface area contributed by atoms with Gasteiger partial charge in [0.15, 0.2) is 6.10 Å². The summed E-state index contributed by atoms with van der Waals surface area (Å²) in [5, 5.41) is 48.2. The molecule has 6 N–H and O–H groups in total. The second-order valence-electron chi connectivity index (χ2n) is 5.10. The summed E-state index contributed by atoms with van der Waals surface area (Å²) >= 11 is 0. The zero-order valence-electron chi connectivity index (χ0n) is 17.6. The first-order valence-corrected chi connectivity index (χ1v) is 9.17. The lowest BCUT2D eigenvalue weighted by atomic mass is 9.99. The van der Waals surface area contributed by atoms with Gasteiger partial charge in [0, 0.05) is 14.2 Å². The second kappa shape index (κ2) is 15.1. The number of nitrogens with one attached hydrogen (secondary N) is 1. The number of rotatable bonds is 4. The average molecular weight is 405 g/mol.